The number of carbonyl (C=O) groups excluding carboxylic acids is 1. The highest BCUT2D eigenvalue weighted by Crippen LogP contribution is 2.52. The number of fused-ring (bicyclic) bond motifs is 2. The number of piperidine rings is 1. The first-order valence-corrected chi connectivity index (χ1v) is 12.5. The van der Waals surface area contributed by atoms with Gasteiger partial charge in [-0.3, -0.25) is 14.3 Å². The number of nitrogens with zero attached hydrogens (tertiary/aromatic N) is 4. The fraction of sp³-hybridized carbons (Fsp3) is 0.682. The molecule has 1 aliphatic heterocycles. The van der Waals surface area contributed by atoms with Crippen molar-refractivity contribution in [1.29, 1.82) is 0 Å². The molecule has 4 atom stereocenters. The van der Waals surface area contributed by atoms with Crippen molar-refractivity contribution in [3.05, 3.63) is 22.3 Å². The lowest BCUT2D eigenvalue weighted by atomic mass is 9.84. The van der Waals surface area contributed by atoms with Gasteiger partial charge in [-0.05, 0) is 80.4 Å². The number of nitrogens with two attached hydrogens (primary N) is 1. The van der Waals surface area contributed by atoms with Gasteiger partial charge >= 0.3 is 0 Å². The summed E-state index contributed by atoms with van der Waals surface area (Å²) in [4.78, 5) is 15.0. The number of carbonyl (C=O) groups is 1. The summed E-state index contributed by atoms with van der Waals surface area (Å²) in [6, 6.07) is 4.61. The van der Waals surface area contributed by atoms with Gasteiger partial charge in [0.05, 0.1) is 11.5 Å². The maximum Gasteiger partial charge on any atom is 0.220 e. The number of thiophene rings is 1. The summed E-state index contributed by atoms with van der Waals surface area (Å²) in [7, 11) is 0. The Hall–Kier alpha value is -1.51. The number of rotatable bonds is 6. The summed E-state index contributed by atoms with van der Waals surface area (Å²) in [5.41, 5.74) is 5.49. The second kappa shape index (κ2) is 8.20. The maximum atomic E-state index is 11.5. The van der Waals surface area contributed by atoms with Crippen molar-refractivity contribution >= 4 is 29.5 Å². The molecule has 3 aliphatic rings. The van der Waals surface area contributed by atoms with Crippen LogP contribution in [-0.4, -0.2) is 38.2 Å². The van der Waals surface area contributed by atoms with Crippen LogP contribution in [0.1, 0.15) is 51.5 Å². The van der Waals surface area contributed by atoms with Crippen molar-refractivity contribution in [3.8, 4) is 10.7 Å². The average Bonchev–Trinajstić information content (AvgIpc) is 3.53. The van der Waals surface area contributed by atoms with Gasteiger partial charge in [0.2, 0.25) is 5.91 Å². The third-order valence-electron chi connectivity index (χ3n) is 7.76. The molecule has 1 saturated heterocycles. The molecular formula is C22H31N5OS2. The van der Waals surface area contributed by atoms with Gasteiger partial charge in [0.1, 0.15) is 0 Å². The van der Waals surface area contributed by atoms with Crippen LogP contribution >= 0.6 is 23.6 Å². The summed E-state index contributed by atoms with van der Waals surface area (Å²) in [6.45, 7) is 4.75. The lowest BCUT2D eigenvalue weighted by Gasteiger charge is -2.30. The second-order valence-corrected chi connectivity index (χ2v) is 10.8. The third kappa shape index (κ3) is 3.67. The molecule has 2 aliphatic carbocycles. The smallest absolute Gasteiger partial charge is 0.220 e. The van der Waals surface area contributed by atoms with Gasteiger partial charge in [0.15, 0.2) is 10.6 Å². The van der Waals surface area contributed by atoms with Crippen LogP contribution in [0.4, 0.5) is 0 Å². The number of aromatic nitrogens is 3. The Kier molecular flexibility index (Phi) is 5.58. The first-order valence-electron chi connectivity index (χ1n) is 11.3. The van der Waals surface area contributed by atoms with E-state index in [1.807, 2.05) is 4.68 Å². The van der Waals surface area contributed by atoms with Crippen molar-refractivity contribution in [2.75, 3.05) is 13.1 Å². The molecule has 2 bridgehead atoms. The number of hydrogen-bond donors (Lipinski definition) is 1. The van der Waals surface area contributed by atoms with Crippen molar-refractivity contribution in [3.63, 3.8) is 0 Å². The molecule has 3 heterocycles. The molecule has 0 aromatic carbocycles. The topological polar surface area (TPSA) is 69.1 Å². The Morgan fingerprint density at radius 2 is 2.10 bits per heavy atom. The zero-order valence-electron chi connectivity index (χ0n) is 17.6. The molecular weight excluding hydrogens is 414 g/mol. The second-order valence-electron chi connectivity index (χ2n) is 9.47. The van der Waals surface area contributed by atoms with Crippen LogP contribution in [-0.2, 0) is 11.5 Å². The van der Waals surface area contributed by atoms with E-state index in [1.165, 1.54) is 30.6 Å². The minimum absolute atomic E-state index is 0.00581. The van der Waals surface area contributed by atoms with E-state index in [9.17, 15) is 4.79 Å². The summed E-state index contributed by atoms with van der Waals surface area (Å²) >= 11 is 7.71. The molecule has 2 N–H and O–H groups in total. The number of primary amides is 1. The third-order valence-corrected chi connectivity index (χ3v) is 9.03. The molecule has 8 heteroatoms. The molecule has 1 amide bonds. The normalized spacial score (nSPS) is 28.2. The molecule has 6 nitrogen and oxygen atoms in total. The summed E-state index contributed by atoms with van der Waals surface area (Å²) in [6.07, 6.45) is 7.18. The molecule has 0 spiro atoms. The first kappa shape index (κ1) is 20.4. The Morgan fingerprint density at radius 1 is 1.30 bits per heavy atom. The van der Waals surface area contributed by atoms with Gasteiger partial charge in [-0.1, -0.05) is 12.5 Å². The number of likely N-dealkylation sites (tertiary alicyclic amines) is 1. The SMILES string of the molecule is C[C@@H]([C@@H]1C[C@H]2CC[C@H]1C2)n1c(-c2cccs2)nn(CN2CCC(C(N)=O)CC2)c1=S. The molecule has 2 aromatic rings. The van der Waals surface area contributed by atoms with Crippen LogP contribution in [0.2, 0.25) is 0 Å². The largest absolute Gasteiger partial charge is 0.369 e. The van der Waals surface area contributed by atoms with Crippen LogP contribution in [0, 0.1) is 28.4 Å². The van der Waals surface area contributed by atoms with Gasteiger partial charge < -0.3 is 5.73 Å². The van der Waals surface area contributed by atoms with Crippen molar-refractivity contribution in [2.45, 2.75) is 58.2 Å². The van der Waals surface area contributed by atoms with E-state index in [4.69, 9.17) is 23.1 Å². The quantitative estimate of drug-likeness (QED) is 0.673. The fourth-order valence-electron chi connectivity index (χ4n) is 6.08. The van der Waals surface area contributed by atoms with E-state index >= 15 is 0 Å². The predicted octanol–water partition coefficient (Wildman–Crippen LogP) is 4.29. The zero-order valence-corrected chi connectivity index (χ0v) is 19.2. The standard InChI is InChI=1S/C22H31N5OS2/c1-14(18-12-15-4-5-17(18)11-15)27-21(19-3-2-10-30-19)24-26(22(27)29)13-25-8-6-16(7-9-25)20(23)28/h2-3,10,14-18H,4-9,11-13H2,1H3,(H2,23,28)/t14-,15-,17-,18-/m0/s1. The lowest BCUT2D eigenvalue weighted by Crippen LogP contribution is -2.39. The molecule has 0 unspecified atom stereocenters. The molecule has 3 fully saturated rings. The average molecular weight is 446 g/mol. The molecule has 5 rings (SSSR count). The van der Waals surface area contributed by atoms with E-state index in [0.717, 1.165) is 48.4 Å². The van der Waals surface area contributed by atoms with Crippen LogP contribution in [0.5, 0.6) is 0 Å². The highest BCUT2D eigenvalue weighted by molar-refractivity contribution is 7.71. The predicted molar refractivity (Wildman–Crippen MR) is 122 cm³/mol. The van der Waals surface area contributed by atoms with Crippen LogP contribution in [0.25, 0.3) is 10.7 Å². The Labute approximate surface area is 187 Å². The minimum atomic E-state index is -0.171. The van der Waals surface area contributed by atoms with Gasteiger partial charge in [0.25, 0.3) is 0 Å². The molecule has 2 saturated carbocycles. The Bertz CT molecular complexity index is 957. The van der Waals surface area contributed by atoms with Gasteiger partial charge in [-0.15, -0.1) is 16.4 Å². The van der Waals surface area contributed by atoms with E-state index in [-0.39, 0.29) is 11.8 Å². The fourth-order valence-corrected chi connectivity index (χ4v) is 7.13. The van der Waals surface area contributed by atoms with Crippen LogP contribution in [0.3, 0.4) is 0 Å². The van der Waals surface area contributed by atoms with E-state index < -0.39 is 0 Å². The van der Waals surface area contributed by atoms with E-state index in [0.29, 0.717) is 18.6 Å². The summed E-state index contributed by atoms with van der Waals surface area (Å²) in [5.74, 6) is 3.32. The van der Waals surface area contributed by atoms with Gasteiger partial charge in [0, 0.05) is 25.0 Å². The summed E-state index contributed by atoms with van der Waals surface area (Å²) < 4.78 is 5.16. The zero-order chi connectivity index (χ0) is 20.8. The maximum absolute atomic E-state index is 11.5. The highest BCUT2D eigenvalue weighted by Gasteiger charge is 2.43. The highest BCUT2D eigenvalue weighted by atomic mass is 32.1. The molecule has 0 radical (unpaired) electrons. The summed E-state index contributed by atoms with van der Waals surface area (Å²) in [5, 5.41) is 7.12. The van der Waals surface area contributed by atoms with Crippen molar-refractivity contribution < 1.29 is 4.79 Å². The van der Waals surface area contributed by atoms with Crippen molar-refractivity contribution in [1.82, 2.24) is 19.2 Å². The van der Waals surface area contributed by atoms with E-state index in [2.05, 4.69) is 33.9 Å². The van der Waals surface area contributed by atoms with Gasteiger partial charge in [-0.2, -0.15) is 0 Å². The molecule has 162 valence electrons. The number of amides is 1. The Balaban J connectivity index is 1.41. The molecule has 2 aromatic heterocycles. The first-order chi connectivity index (χ1) is 14.5. The van der Waals surface area contributed by atoms with Crippen molar-refractivity contribution in [2.24, 2.45) is 29.4 Å². The number of hydrogen-bond acceptors (Lipinski definition) is 5. The minimum Gasteiger partial charge on any atom is -0.369 e. The van der Waals surface area contributed by atoms with Gasteiger partial charge in [-0.25, -0.2) is 4.68 Å². The molecule has 30 heavy (non-hydrogen) atoms. The van der Waals surface area contributed by atoms with Crippen LogP contribution < -0.4 is 5.73 Å². The Morgan fingerprint density at radius 3 is 2.70 bits per heavy atom. The lowest BCUT2D eigenvalue weighted by molar-refractivity contribution is -0.123. The monoisotopic (exact) mass is 445 g/mol. The van der Waals surface area contributed by atoms with Crippen LogP contribution in [0.15, 0.2) is 17.5 Å². The van der Waals surface area contributed by atoms with E-state index in [1.54, 1.807) is 11.3 Å².